The van der Waals surface area contributed by atoms with Crippen LogP contribution in [0.3, 0.4) is 0 Å². The van der Waals surface area contributed by atoms with Gasteiger partial charge in [-0.25, -0.2) is 9.37 Å². The molecule has 2 aromatic rings. The molecule has 1 N–H and O–H groups in total. The maximum atomic E-state index is 13.6. The summed E-state index contributed by atoms with van der Waals surface area (Å²) in [5.41, 5.74) is 0.713. The monoisotopic (exact) mass is 327 g/mol. The van der Waals surface area contributed by atoms with E-state index < -0.39 is 0 Å². The summed E-state index contributed by atoms with van der Waals surface area (Å²) in [7, 11) is 1.65. The Morgan fingerprint density at radius 3 is 3.00 bits per heavy atom. The van der Waals surface area contributed by atoms with E-state index in [1.807, 2.05) is 13.0 Å². The number of rotatable bonds is 5. The molecule has 0 bridgehead atoms. The molecular weight excluding hydrogens is 313 g/mol. The van der Waals surface area contributed by atoms with Gasteiger partial charge < -0.3 is 10.1 Å². The maximum absolute atomic E-state index is 13.6. The Morgan fingerprint density at radius 2 is 2.32 bits per heavy atom. The number of ether oxygens (including phenoxy) is 1. The van der Waals surface area contributed by atoms with Crippen molar-refractivity contribution in [2.45, 2.75) is 13.0 Å². The van der Waals surface area contributed by atoms with E-state index in [9.17, 15) is 4.39 Å². The van der Waals surface area contributed by atoms with Crippen molar-refractivity contribution in [3.05, 3.63) is 40.9 Å². The first-order valence-electron chi connectivity index (χ1n) is 5.86. The number of nitrogens with one attached hydrogen (secondary N) is 1. The highest BCUT2D eigenvalue weighted by atomic mass is 79.9. The molecule has 19 heavy (non-hydrogen) atoms. The number of nitrogens with zero attached hydrogens (tertiary/aromatic N) is 2. The molecule has 0 aliphatic heterocycles. The Kier molecular flexibility index (Phi) is 4.55. The third-order valence-corrected chi connectivity index (χ3v) is 3.26. The molecule has 0 aliphatic carbocycles. The number of imidazole rings is 1. The highest BCUT2D eigenvalue weighted by Crippen LogP contribution is 2.21. The van der Waals surface area contributed by atoms with E-state index in [0.717, 1.165) is 0 Å². The molecule has 0 saturated carbocycles. The van der Waals surface area contributed by atoms with E-state index in [4.69, 9.17) is 4.74 Å². The number of hydrogen-bond acceptors (Lipinski definition) is 3. The molecule has 4 nitrogen and oxygen atoms in total. The predicted octanol–water partition coefficient (Wildman–Crippen LogP) is 3.22. The SMILES string of the molecule is COCC(C)Nc1nccn1-c1ccc(Br)c(F)c1. The smallest absolute Gasteiger partial charge is 0.207 e. The van der Waals surface area contributed by atoms with Gasteiger partial charge in [0.25, 0.3) is 0 Å². The van der Waals surface area contributed by atoms with E-state index in [1.54, 1.807) is 30.1 Å². The summed E-state index contributed by atoms with van der Waals surface area (Å²) in [6, 6.07) is 5.07. The number of halogens is 2. The van der Waals surface area contributed by atoms with Crippen molar-refractivity contribution in [3.63, 3.8) is 0 Å². The molecule has 0 saturated heterocycles. The molecule has 6 heteroatoms. The topological polar surface area (TPSA) is 39.1 Å². The molecule has 0 aliphatic rings. The second kappa shape index (κ2) is 6.16. The summed E-state index contributed by atoms with van der Waals surface area (Å²) in [5, 5.41) is 3.22. The summed E-state index contributed by atoms with van der Waals surface area (Å²) in [4.78, 5) is 4.23. The van der Waals surface area contributed by atoms with Crippen molar-refractivity contribution in [2.24, 2.45) is 0 Å². The third-order valence-electron chi connectivity index (χ3n) is 2.61. The number of anilines is 1. The van der Waals surface area contributed by atoms with Crippen molar-refractivity contribution in [3.8, 4) is 5.69 Å². The van der Waals surface area contributed by atoms with Gasteiger partial charge in [-0.05, 0) is 41.1 Å². The average molecular weight is 328 g/mol. The summed E-state index contributed by atoms with van der Waals surface area (Å²) in [5.74, 6) is 0.355. The van der Waals surface area contributed by atoms with Crippen molar-refractivity contribution >= 4 is 21.9 Å². The molecule has 1 heterocycles. The minimum Gasteiger partial charge on any atom is -0.383 e. The number of hydrogen-bond donors (Lipinski definition) is 1. The molecule has 0 radical (unpaired) electrons. The molecule has 2 rings (SSSR count). The zero-order valence-corrected chi connectivity index (χ0v) is 12.3. The summed E-state index contributed by atoms with van der Waals surface area (Å²) in [6.07, 6.45) is 3.45. The summed E-state index contributed by atoms with van der Waals surface area (Å²) >= 11 is 3.14. The molecule has 0 spiro atoms. The lowest BCUT2D eigenvalue weighted by Crippen LogP contribution is -2.22. The van der Waals surface area contributed by atoms with Crippen LogP contribution in [0.1, 0.15) is 6.92 Å². The third kappa shape index (κ3) is 3.33. The Balaban J connectivity index is 2.25. The van der Waals surface area contributed by atoms with Crippen LogP contribution in [-0.2, 0) is 4.74 Å². The number of methoxy groups -OCH3 is 1. The van der Waals surface area contributed by atoms with E-state index in [2.05, 4.69) is 26.2 Å². The zero-order valence-electron chi connectivity index (χ0n) is 10.7. The first kappa shape index (κ1) is 14.0. The fraction of sp³-hybridized carbons (Fsp3) is 0.308. The summed E-state index contributed by atoms with van der Waals surface area (Å²) < 4.78 is 20.9. The molecule has 102 valence electrons. The molecule has 1 aromatic carbocycles. The van der Waals surface area contributed by atoms with Gasteiger partial charge in [0.05, 0.1) is 16.8 Å². The van der Waals surface area contributed by atoms with E-state index in [1.165, 1.54) is 6.07 Å². The lowest BCUT2D eigenvalue weighted by molar-refractivity contribution is 0.190. The van der Waals surface area contributed by atoms with Crippen molar-refractivity contribution in [1.82, 2.24) is 9.55 Å². The Bertz CT molecular complexity index is 559. The van der Waals surface area contributed by atoms with E-state index in [-0.39, 0.29) is 11.9 Å². The number of aromatic nitrogens is 2. The predicted molar refractivity (Wildman–Crippen MR) is 76.2 cm³/mol. The van der Waals surface area contributed by atoms with Gasteiger partial charge in [0, 0.05) is 25.5 Å². The zero-order chi connectivity index (χ0) is 13.8. The molecule has 0 fully saturated rings. The van der Waals surface area contributed by atoms with Gasteiger partial charge in [0.15, 0.2) is 0 Å². The van der Waals surface area contributed by atoms with Crippen LogP contribution in [0.15, 0.2) is 35.1 Å². The van der Waals surface area contributed by atoms with Gasteiger partial charge in [-0.2, -0.15) is 0 Å². The molecule has 1 unspecified atom stereocenters. The van der Waals surface area contributed by atoms with Gasteiger partial charge in [0.1, 0.15) is 5.82 Å². The van der Waals surface area contributed by atoms with Crippen molar-refractivity contribution < 1.29 is 9.13 Å². The lowest BCUT2D eigenvalue weighted by Gasteiger charge is -2.15. The summed E-state index contributed by atoms with van der Waals surface area (Å²) in [6.45, 7) is 2.56. The van der Waals surface area contributed by atoms with Crippen LogP contribution in [0.5, 0.6) is 0 Å². The Hall–Kier alpha value is -1.40. The van der Waals surface area contributed by atoms with Gasteiger partial charge in [0.2, 0.25) is 5.95 Å². The first-order valence-corrected chi connectivity index (χ1v) is 6.65. The molecular formula is C13H15BrFN3O. The fourth-order valence-electron chi connectivity index (χ4n) is 1.77. The first-order chi connectivity index (χ1) is 9.11. The van der Waals surface area contributed by atoms with Crippen LogP contribution in [0.4, 0.5) is 10.3 Å². The quantitative estimate of drug-likeness (QED) is 0.916. The minimum atomic E-state index is -0.304. The van der Waals surface area contributed by atoms with E-state index in [0.29, 0.717) is 22.7 Å². The second-order valence-electron chi connectivity index (χ2n) is 4.22. The normalized spacial score (nSPS) is 12.4. The van der Waals surface area contributed by atoms with Crippen LogP contribution >= 0.6 is 15.9 Å². The van der Waals surface area contributed by atoms with Gasteiger partial charge in [-0.1, -0.05) is 0 Å². The van der Waals surface area contributed by atoms with Crippen molar-refractivity contribution in [1.29, 1.82) is 0 Å². The van der Waals surface area contributed by atoms with Gasteiger partial charge in [-0.3, -0.25) is 4.57 Å². The van der Waals surface area contributed by atoms with Crippen LogP contribution in [0, 0.1) is 5.82 Å². The highest BCUT2D eigenvalue weighted by Gasteiger charge is 2.09. The fourth-order valence-corrected chi connectivity index (χ4v) is 2.01. The van der Waals surface area contributed by atoms with Crippen LogP contribution in [0.25, 0.3) is 5.69 Å². The number of benzene rings is 1. The molecule has 0 amide bonds. The standard InChI is InChI=1S/C13H15BrFN3O/c1-9(8-19-2)17-13-16-5-6-18(13)10-3-4-11(14)12(15)7-10/h3-7,9H,8H2,1-2H3,(H,16,17). The van der Waals surface area contributed by atoms with Crippen LogP contribution in [-0.4, -0.2) is 29.3 Å². The van der Waals surface area contributed by atoms with Crippen LogP contribution < -0.4 is 5.32 Å². The van der Waals surface area contributed by atoms with E-state index >= 15 is 0 Å². The molecule has 1 atom stereocenters. The van der Waals surface area contributed by atoms with Gasteiger partial charge >= 0.3 is 0 Å². The highest BCUT2D eigenvalue weighted by molar-refractivity contribution is 9.10. The largest absolute Gasteiger partial charge is 0.383 e. The molecule has 1 aromatic heterocycles. The Labute approximate surface area is 119 Å². The second-order valence-corrected chi connectivity index (χ2v) is 5.07. The average Bonchev–Trinajstić information content (AvgIpc) is 2.81. The van der Waals surface area contributed by atoms with Crippen molar-refractivity contribution in [2.75, 3.05) is 19.0 Å². The van der Waals surface area contributed by atoms with Crippen LogP contribution in [0.2, 0.25) is 0 Å². The maximum Gasteiger partial charge on any atom is 0.207 e. The minimum absolute atomic E-state index is 0.117. The Morgan fingerprint density at radius 1 is 1.53 bits per heavy atom. The lowest BCUT2D eigenvalue weighted by atomic mass is 10.3. The van der Waals surface area contributed by atoms with Gasteiger partial charge in [-0.15, -0.1) is 0 Å².